The lowest BCUT2D eigenvalue weighted by Crippen LogP contribution is -2.30. The summed E-state index contributed by atoms with van der Waals surface area (Å²) in [6.07, 6.45) is 75.8. The van der Waals surface area contributed by atoms with Crippen LogP contribution in [0.1, 0.15) is 213 Å². The van der Waals surface area contributed by atoms with Crippen molar-refractivity contribution < 1.29 is 28.6 Å². The number of allylic oxidation sites excluding steroid dienone is 22. The van der Waals surface area contributed by atoms with E-state index >= 15 is 0 Å². The molecule has 0 aliphatic rings. The van der Waals surface area contributed by atoms with Gasteiger partial charge in [0.15, 0.2) is 6.10 Å². The molecule has 0 heterocycles. The number of hydrogen-bond acceptors (Lipinski definition) is 6. The summed E-state index contributed by atoms with van der Waals surface area (Å²) in [5.41, 5.74) is 0. The maximum atomic E-state index is 12.8. The standard InChI is InChI=1S/C61H96O6/c1-4-7-10-13-16-19-22-25-28-30-33-36-39-42-45-48-51-54-60(63)66-57-58(56-65-59(62)53-50-47-44-41-38-35-32-27-24-21-18-15-12-9-6-3)67-61(64)55-52-49-46-43-40-37-34-31-29-26-23-20-17-14-11-8-5-2/h9,12,16-21,25-29,32-34,36-37,42-43,45-46,58H,4-8,10-11,13-15,22-24,30-31,35,38-41,44,47-57H2,1-3H3/b12-9+,19-16+,20-17+,21-18+,28-25+,29-26+,32-27+,36-33+,37-34+,45-42+,46-43+/t58-/m1/s1. The van der Waals surface area contributed by atoms with Crippen molar-refractivity contribution in [2.24, 2.45) is 0 Å². The smallest absolute Gasteiger partial charge is 0.306 e. The van der Waals surface area contributed by atoms with Crippen LogP contribution in [0.4, 0.5) is 0 Å². The number of hydrogen-bond donors (Lipinski definition) is 0. The van der Waals surface area contributed by atoms with Crippen molar-refractivity contribution in [1.82, 2.24) is 0 Å². The molecule has 0 aromatic carbocycles. The molecule has 0 amide bonds. The molecule has 0 N–H and O–H groups in total. The van der Waals surface area contributed by atoms with E-state index < -0.39 is 6.10 Å². The van der Waals surface area contributed by atoms with Gasteiger partial charge in [0.2, 0.25) is 0 Å². The van der Waals surface area contributed by atoms with Gasteiger partial charge in [0.05, 0.1) is 0 Å². The van der Waals surface area contributed by atoms with E-state index in [0.717, 1.165) is 109 Å². The highest BCUT2D eigenvalue weighted by Crippen LogP contribution is 2.11. The minimum atomic E-state index is -0.841. The molecule has 67 heavy (non-hydrogen) atoms. The second-order valence-electron chi connectivity index (χ2n) is 17.0. The van der Waals surface area contributed by atoms with E-state index in [4.69, 9.17) is 14.2 Å². The summed E-state index contributed by atoms with van der Waals surface area (Å²) in [6.45, 7) is 6.34. The summed E-state index contributed by atoms with van der Waals surface area (Å²) in [5.74, 6) is -1.07. The lowest BCUT2D eigenvalue weighted by Gasteiger charge is -2.18. The van der Waals surface area contributed by atoms with E-state index in [-0.39, 0.29) is 44.0 Å². The molecule has 0 saturated carbocycles. The van der Waals surface area contributed by atoms with E-state index in [9.17, 15) is 14.4 Å². The molecule has 1 atom stereocenters. The van der Waals surface area contributed by atoms with Gasteiger partial charge in [0.25, 0.3) is 0 Å². The van der Waals surface area contributed by atoms with Gasteiger partial charge in [-0.2, -0.15) is 0 Å². The topological polar surface area (TPSA) is 78.9 Å². The van der Waals surface area contributed by atoms with Gasteiger partial charge in [-0.15, -0.1) is 0 Å². The summed E-state index contributed by atoms with van der Waals surface area (Å²) in [5, 5.41) is 0. The van der Waals surface area contributed by atoms with E-state index in [1.807, 2.05) is 0 Å². The van der Waals surface area contributed by atoms with Crippen LogP contribution in [0.25, 0.3) is 0 Å². The Hall–Kier alpha value is -4.45. The largest absolute Gasteiger partial charge is 0.462 e. The molecule has 0 fully saturated rings. The number of ether oxygens (including phenoxy) is 3. The summed E-state index contributed by atoms with van der Waals surface area (Å²) < 4.78 is 16.7. The Labute approximate surface area is 411 Å². The van der Waals surface area contributed by atoms with Crippen LogP contribution in [0.2, 0.25) is 0 Å². The Bertz CT molecular complexity index is 1480. The third-order valence-electron chi connectivity index (χ3n) is 10.6. The molecule has 0 aromatic heterocycles. The van der Waals surface area contributed by atoms with Crippen molar-refractivity contribution >= 4 is 17.9 Å². The van der Waals surface area contributed by atoms with Crippen LogP contribution in [0.3, 0.4) is 0 Å². The van der Waals surface area contributed by atoms with Gasteiger partial charge in [-0.05, 0) is 128 Å². The molecule has 0 bridgehead atoms. The first-order chi connectivity index (χ1) is 33.0. The normalized spacial score (nSPS) is 13.2. The Balaban J connectivity index is 4.62. The van der Waals surface area contributed by atoms with Gasteiger partial charge in [-0.1, -0.05) is 199 Å². The molecule has 6 heteroatoms. The summed E-state index contributed by atoms with van der Waals surface area (Å²) in [6, 6.07) is 0. The molecule has 0 saturated heterocycles. The van der Waals surface area contributed by atoms with Crippen molar-refractivity contribution in [1.29, 1.82) is 0 Å². The zero-order chi connectivity index (χ0) is 48.6. The minimum Gasteiger partial charge on any atom is -0.462 e. The lowest BCUT2D eigenvalue weighted by atomic mass is 10.1. The predicted octanol–water partition coefficient (Wildman–Crippen LogP) is 17.9. The molecular formula is C61H96O6. The molecule has 0 unspecified atom stereocenters. The predicted molar refractivity (Wildman–Crippen MR) is 288 cm³/mol. The van der Waals surface area contributed by atoms with Crippen LogP contribution in [0, 0.1) is 0 Å². The third kappa shape index (κ3) is 52.4. The first-order valence-electron chi connectivity index (χ1n) is 26.7. The molecule has 0 rings (SSSR count). The average molecular weight is 925 g/mol. The van der Waals surface area contributed by atoms with Gasteiger partial charge in [-0.25, -0.2) is 0 Å². The summed E-state index contributed by atoms with van der Waals surface area (Å²) in [7, 11) is 0. The maximum Gasteiger partial charge on any atom is 0.306 e. The zero-order valence-corrected chi connectivity index (χ0v) is 42.9. The fraction of sp³-hybridized carbons (Fsp3) is 0.590. The highest BCUT2D eigenvalue weighted by atomic mass is 16.6. The van der Waals surface area contributed by atoms with E-state index in [2.05, 4.69) is 154 Å². The van der Waals surface area contributed by atoms with Crippen LogP contribution in [0.5, 0.6) is 0 Å². The average Bonchev–Trinajstić information content (AvgIpc) is 3.33. The van der Waals surface area contributed by atoms with Crippen LogP contribution in [-0.4, -0.2) is 37.2 Å². The molecule has 0 aromatic rings. The van der Waals surface area contributed by atoms with Gasteiger partial charge in [-0.3, -0.25) is 14.4 Å². The number of esters is 3. The Morgan fingerprint density at radius 3 is 0.970 bits per heavy atom. The number of carbonyl (C=O) groups is 3. The highest BCUT2D eigenvalue weighted by molar-refractivity contribution is 5.71. The van der Waals surface area contributed by atoms with Crippen molar-refractivity contribution in [2.45, 2.75) is 219 Å². The minimum absolute atomic E-state index is 0.131. The first kappa shape index (κ1) is 62.5. The molecule has 0 spiro atoms. The highest BCUT2D eigenvalue weighted by Gasteiger charge is 2.19. The molecular weight excluding hydrogens is 829 g/mol. The van der Waals surface area contributed by atoms with Crippen molar-refractivity contribution in [3.63, 3.8) is 0 Å². The number of rotatable bonds is 46. The molecule has 0 aliphatic heterocycles. The first-order valence-corrected chi connectivity index (χ1v) is 26.7. The Morgan fingerprint density at radius 1 is 0.313 bits per heavy atom. The van der Waals surface area contributed by atoms with Crippen molar-refractivity contribution in [3.8, 4) is 0 Å². The SMILES string of the molecule is CC/C=C/C/C=C/C/C=C/CCCCCCCC(=O)OC[C@H](COC(=O)CCC/C=C/C/C=C/C/C=C/C/C=C/CCCCC)OC(=O)CCC/C=C/C/C=C/C/C=C/C/C=C/CCCCC. The number of unbranched alkanes of at least 4 members (excludes halogenated alkanes) is 13. The monoisotopic (exact) mass is 925 g/mol. The second kappa shape index (κ2) is 54.2. The fourth-order valence-corrected chi connectivity index (χ4v) is 6.62. The van der Waals surface area contributed by atoms with Crippen LogP contribution >= 0.6 is 0 Å². The van der Waals surface area contributed by atoms with Gasteiger partial charge < -0.3 is 14.2 Å². The van der Waals surface area contributed by atoms with Crippen molar-refractivity contribution in [3.05, 3.63) is 134 Å². The molecule has 0 aliphatic carbocycles. The van der Waals surface area contributed by atoms with Gasteiger partial charge >= 0.3 is 17.9 Å². The van der Waals surface area contributed by atoms with E-state index in [0.29, 0.717) is 19.3 Å². The summed E-state index contributed by atoms with van der Waals surface area (Å²) >= 11 is 0. The Kier molecular flexibility index (Phi) is 50.6. The second-order valence-corrected chi connectivity index (χ2v) is 17.0. The molecule has 6 nitrogen and oxygen atoms in total. The molecule has 0 radical (unpaired) electrons. The fourth-order valence-electron chi connectivity index (χ4n) is 6.62. The summed E-state index contributed by atoms with van der Waals surface area (Å²) in [4.78, 5) is 38.0. The third-order valence-corrected chi connectivity index (χ3v) is 10.6. The van der Waals surface area contributed by atoms with Crippen LogP contribution in [-0.2, 0) is 28.6 Å². The molecule has 376 valence electrons. The lowest BCUT2D eigenvalue weighted by molar-refractivity contribution is -0.167. The van der Waals surface area contributed by atoms with E-state index in [1.54, 1.807) is 0 Å². The van der Waals surface area contributed by atoms with E-state index in [1.165, 1.54) is 51.4 Å². The number of carbonyl (C=O) groups excluding carboxylic acids is 3. The quantitative estimate of drug-likeness (QED) is 0.0262. The zero-order valence-electron chi connectivity index (χ0n) is 42.9. The van der Waals surface area contributed by atoms with Crippen molar-refractivity contribution in [2.75, 3.05) is 13.2 Å². The maximum absolute atomic E-state index is 12.8. The van der Waals surface area contributed by atoms with Crippen LogP contribution in [0.15, 0.2) is 134 Å². The Morgan fingerprint density at radius 2 is 0.597 bits per heavy atom. The van der Waals surface area contributed by atoms with Crippen LogP contribution < -0.4 is 0 Å². The van der Waals surface area contributed by atoms with Gasteiger partial charge in [0.1, 0.15) is 13.2 Å². The van der Waals surface area contributed by atoms with Gasteiger partial charge in [0, 0.05) is 19.3 Å².